The number of hydrogen-bond donors (Lipinski definition) is 1. The third-order valence-corrected chi connectivity index (χ3v) is 6.92. The fourth-order valence-electron chi connectivity index (χ4n) is 5.16. The van der Waals surface area contributed by atoms with Gasteiger partial charge in [-0.05, 0) is 56.9 Å². The van der Waals surface area contributed by atoms with Crippen molar-refractivity contribution in [3.63, 3.8) is 0 Å². The van der Waals surface area contributed by atoms with E-state index in [2.05, 4.69) is 30.6 Å². The second kappa shape index (κ2) is 7.77. The van der Waals surface area contributed by atoms with E-state index in [9.17, 15) is 9.90 Å². The molecular weight excluding hydrogens is 398 g/mol. The number of nitrogens with zero attached hydrogens (tertiary/aromatic N) is 3. The number of halogens is 1. The average molecular weight is 428 g/mol. The van der Waals surface area contributed by atoms with Crippen molar-refractivity contribution in [2.24, 2.45) is 4.99 Å². The summed E-state index contributed by atoms with van der Waals surface area (Å²) in [5, 5.41) is 11.4. The molecule has 1 saturated carbocycles. The number of amidine groups is 1. The van der Waals surface area contributed by atoms with Gasteiger partial charge >= 0.3 is 0 Å². The average Bonchev–Trinajstić information content (AvgIpc) is 3.14. The Balaban J connectivity index is 1.71. The van der Waals surface area contributed by atoms with Crippen molar-refractivity contribution in [3.8, 4) is 0 Å². The monoisotopic (exact) mass is 427 g/mol. The molecule has 0 radical (unpaired) electrons. The molecule has 1 aliphatic carbocycles. The summed E-state index contributed by atoms with van der Waals surface area (Å²) in [5.41, 5.74) is 2.92. The van der Waals surface area contributed by atoms with Gasteiger partial charge in [0.05, 0.1) is 0 Å². The summed E-state index contributed by atoms with van der Waals surface area (Å²) >= 11 is 6.41. The molecule has 0 atom stereocenters. The Hall–Kier alpha value is -2.27. The van der Waals surface area contributed by atoms with Crippen molar-refractivity contribution in [1.29, 1.82) is 0 Å². The summed E-state index contributed by atoms with van der Waals surface area (Å²) in [4.78, 5) is 21.5. The van der Waals surface area contributed by atoms with Gasteiger partial charge < -0.3 is 14.9 Å². The number of hydrogen-bond acceptors (Lipinski definition) is 4. The number of benzene rings is 1. The molecule has 2 heterocycles. The van der Waals surface area contributed by atoms with E-state index < -0.39 is 0 Å². The first-order valence-corrected chi connectivity index (χ1v) is 11.2. The zero-order chi connectivity index (χ0) is 21.6. The first-order chi connectivity index (χ1) is 14.2. The highest BCUT2D eigenvalue weighted by Crippen LogP contribution is 2.46. The summed E-state index contributed by atoms with van der Waals surface area (Å²) in [5.74, 6) is 0.568. The SMILES string of the molecule is C=C1N=C(CC2(c3cc(C)cc(Cl)c3)CCCC2)N2CCN(C(C)C)C(=O)C2=C1O. The topological polar surface area (TPSA) is 56.1 Å². The molecule has 2 fully saturated rings. The normalized spacial score (nSPS) is 21.4. The van der Waals surface area contributed by atoms with E-state index in [1.807, 2.05) is 24.8 Å². The fraction of sp³-hybridized carbons (Fsp3) is 0.500. The molecule has 0 spiro atoms. The number of aliphatic hydroxyl groups excluding tert-OH is 1. The van der Waals surface area contributed by atoms with Crippen molar-refractivity contribution in [2.45, 2.75) is 64.3 Å². The Bertz CT molecular complexity index is 937. The number of aliphatic hydroxyl groups is 1. The van der Waals surface area contributed by atoms with Crippen LogP contribution < -0.4 is 0 Å². The molecule has 160 valence electrons. The minimum absolute atomic E-state index is 0.0644. The standard InChI is InChI=1S/C24H30ClN3O2/c1-15(2)27-9-10-28-20(26-17(4)22(29)21(28)23(27)30)14-24(7-5-6-8-24)18-11-16(3)12-19(25)13-18/h11-13,15,29H,4-10,14H2,1-3H3. The van der Waals surface area contributed by atoms with E-state index in [4.69, 9.17) is 11.6 Å². The lowest BCUT2D eigenvalue weighted by atomic mass is 9.75. The number of piperazine rings is 1. The molecule has 1 saturated heterocycles. The van der Waals surface area contributed by atoms with Crippen LogP contribution in [0, 0.1) is 6.92 Å². The summed E-state index contributed by atoms with van der Waals surface area (Å²) in [6.07, 6.45) is 5.14. The van der Waals surface area contributed by atoms with E-state index in [0.29, 0.717) is 25.2 Å². The number of rotatable bonds is 4. The van der Waals surface area contributed by atoms with E-state index in [1.165, 1.54) is 5.56 Å². The van der Waals surface area contributed by atoms with Gasteiger partial charge in [0.1, 0.15) is 11.5 Å². The molecule has 5 nitrogen and oxygen atoms in total. The van der Waals surface area contributed by atoms with Crippen molar-refractivity contribution < 1.29 is 9.90 Å². The number of amides is 1. The molecule has 0 bridgehead atoms. The number of fused-ring (bicyclic) bond motifs is 1. The van der Waals surface area contributed by atoms with E-state index in [0.717, 1.165) is 42.1 Å². The molecule has 0 unspecified atom stereocenters. The molecule has 1 aromatic carbocycles. The molecule has 1 amide bonds. The highest BCUT2D eigenvalue weighted by molar-refractivity contribution is 6.30. The predicted octanol–water partition coefficient (Wildman–Crippen LogP) is 5.10. The summed E-state index contributed by atoms with van der Waals surface area (Å²) in [6, 6.07) is 6.36. The molecule has 3 aliphatic rings. The number of aryl methyl sites for hydroxylation is 1. The molecule has 1 aromatic rings. The number of carbonyl (C=O) groups is 1. The fourth-order valence-corrected chi connectivity index (χ4v) is 5.45. The Morgan fingerprint density at radius 1 is 1.23 bits per heavy atom. The lowest BCUT2D eigenvalue weighted by Gasteiger charge is -2.43. The minimum atomic E-state index is -0.152. The van der Waals surface area contributed by atoms with E-state index in [1.54, 1.807) is 4.90 Å². The van der Waals surface area contributed by atoms with Crippen LogP contribution in [0.1, 0.15) is 57.1 Å². The first-order valence-electron chi connectivity index (χ1n) is 10.8. The van der Waals surface area contributed by atoms with Crippen LogP contribution in [-0.2, 0) is 10.2 Å². The lowest BCUT2D eigenvalue weighted by molar-refractivity contribution is -0.132. The van der Waals surface area contributed by atoms with Crippen LogP contribution in [0.2, 0.25) is 5.02 Å². The minimum Gasteiger partial charge on any atom is -0.504 e. The molecule has 1 N–H and O–H groups in total. The predicted molar refractivity (Wildman–Crippen MR) is 121 cm³/mol. The van der Waals surface area contributed by atoms with Gasteiger partial charge in [-0.1, -0.05) is 37.1 Å². The Kier molecular flexibility index (Phi) is 5.43. The van der Waals surface area contributed by atoms with Gasteiger partial charge in [-0.3, -0.25) is 4.79 Å². The van der Waals surface area contributed by atoms with Crippen LogP contribution in [0.4, 0.5) is 0 Å². The molecular formula is C24H30ClN3O2. The van der Waals surface area contributed by atoms with Gasteiger partial charge in [0.25, 0.3) is 5.91 Å². The maximum Gasteiger partial charge on any atom is 0.274 e. The first kappa shape index (κ1) is 21.0. The van der Waals surface area contributed by atoms with Crippen LogP contribution in [-0.4, -0.2) is 45.8 Å². The van der Waals surface area contributed by atoms with Crippen molar-refractivity contribution in [3.05, 3.63) is 58.1 Å². The van der Waals surface area contributed by atoms with Crippen LogP contribution in [0.5, 0.6) is 0 Å². The third kappa shape index (κ3) is 3.53. The lowest BCUT2D eigenvalue weighted by Crippen LogP contribution is -2.55. The van der Waals surface area contributed by atoms with Crippen LogP contribution in [0.15, 0.2) is 46.9 Å². The van der Waals surface area contributed by atoms with Gasteiger partial charge in [0, 0.05) is 36.0 Å². The molecule has 6 heteroatoms. The Morgan fingerprint density at radius 2 is 1.93 bits per heavy atom. The van der Waals surface area contributed by atoms with E-state index >= 15 is 0 Å². The highest BCUT2D eigenvalue weighted by atomic mass is 35.5. The second-order valence-electron chi connectivity index (χ2n) is 9.10. The van der Waals surface area contributed by atoms with Gasteiger partial charge in [0.2, 0.25) is 0 Å². The highest BCUT2D eigenvalue weighted by Gasteiger charge is 2.43. The number of aliphatic imine (C=N–C) groups is 1. The smallest absolute Gasteiger partial charge is 0.274 e. The number of carbonyl (C=O) groups excluding carboxylic acids is 1. The van der Waals surface area contributed by atoms with Gasteiger partial charge in [-0.25, -0.2) is 4.99 Å². The summed E-state index contributed by atoms with van der Waals surface area (Å²) in [6.45, 7) is 11.2. The summed E-state index contributed by atoms with van der Waals surface area (Å²) in [7, 11) is 0. The van der Waals surface area contributed by atoms with Gasteiger partial charge in [-0.15, -0.1) is 0 Å². The zero-order valence-corrected chi connectivity index (χ0v) is 18.8. The van der Waals surface area contributed by atoms with Crippen molar-refractivity contribution in [1.82, 2.24) is 9.80 Å². The largest absolute Gasteiger partial charge is 0.504 e. The maximum atomic E-state index is 13.1. The van der Waals surface area contributed by atoms with Crippen molar-refractivity contribution in [2.75, 3.05) is 13.1 Å². The Labute approximate surface area is 183 Å². The summed E-state index contributed by atoms with van der Waals surface area (Å²) < 4.78 is 0. The quantitative estimate of drug-likeness (QED) is 0.727. The van der Waals surface area contributed by atoms with Gasteiger partial charge in [0.15, 0.2) is 11.5 Å². The molecule has 0 aromatic heterocycles. The van der Waals surface area contributed by atoms with Crippen LogP contribution in [0.3, 0.4) is 0 Å². The molecule has 30 heavy (non-hydrogen) atoms. The van der Waals surface area contributed by atoms with Gasteiger partial charge in [-0.2, -0.15) is 0 Å². The molecule has 4 rings (SSSR count). The van der Waals surface area contributed by atoms with E-state index in [-0.39, 0.29) is 28.8 Å². The zero-order valence-electron chi connectivity index (χ0n) is 18.0. The van der Waals surface area contributed by atoms with Crippen LogP contribution in [0.25, 0.3) is 0 Å². The molecule has 2 aliphatic heterocycles. The third-order valence-electron chi connectivity index (χ3n) is 6.71. The second-order valence-corrected chi connectivity index (χ2v) is 9.53. The van der Waals surface area contributed by atoms with Crippen LogP contribution >= 0.6 is 11.6 Å². The maximum absolute atomic E-state index is 13.1. The van der Waals surface area contributed by atoms with Crippen molar-refractivity contribution >= 4 is 23.3 Å². The Morgan fingerprint density at radius 3 is 2.57 bits per heavy atom.